The van der Waals surface area contributed by atoms with E-state index in [9.17, 15) is 0 Å². The molecule has 1 aromatic carbocycles. The Morgan fingerprint density at radius 2 is 2.18 bits per heavy atom. The minimum Gasteiger partial charge on any atom is -0.412 e. The van der Waals surface area contributed by atoms with E-state index in [0.717, 1.165) is 12.1 Å². The highest BCUT2D eigenvalue weighted by atomic mass is 16.0. The van der Waals surface area contributed by atoms with Crippen molar-refractivity contribution >= 4 is 5.69 Å². The van der Waals surface area contributed by atoms with Crippen molar-refractivity contribution in [2.45, 2.75) is 6.42 Å². The second-order valence-electron chi connectivity index (χ2n) is 2.24. The van der Waals surface area contributed by atoms with E-state index in [1.807, 2.05) is 30.3 Å². The van der Waals surface area contributed by atoms with E-state index < -0.39 is 0 Å². The van der Waals surface area contributed by atoms with E-state index >= 15 is 0 Å². The number of allylic oxidation sites excluding steroid dienone is 1. The molecule has 2 heteroatoms. The topological polar surface area (TPSA) is 57.5 Å². The first-order valence-electron chi connectivity index (χ1n) is 3.28. The van der Waals surface area contributed by atoms with Gasteiger partial charge in [-0.1, -0.05) is 18.2 Å². The Balaban J connectivity index is 0.000001000. The third-order valence-electron chi connectivity index (χ3n) is 1.33. The van der Waals surface area contributed by atoms with Crippen LogP contribution in [0.1, 0.15) is 5.56 Å². The van der Waals surface area contributed by atoms with Crippen LogP contribution in [0.5, 0.6) is 0 Å². The molecule has 0 saturated heterocycles. The predicted octanol–water partition coefficient (Wildman–Crippen LogP) is 1.17. The lowest BCUT2D eigenvalue weighted by Gasteiger charge is -1.96. The molecule has 0 aliphatic rings. The maximum atomic E-state index is 5.55. The number of anilines is 1. The molecule has 0 unspecified atom stereocenters. The van der Waals surface area contributed by atoms with Crippen LogP contribution in [0.25, 0.3) is 0 Å². The van der Waals surface area contributed by atoms with Crippen LogP contribution in [0, 0.1) is 0 Å². The number of hydrogen-bond acceptors (Lipinski definition) is 1. The van der Waals surface area contributed by atoms with E-state index in [-0.39, 0.29) is 5.48 Å². The van der Waals surface area contributed by atoms with Crippen LogP contribution in [0.4, 0.5) is 5.69 Å². The molecule has 2 nitrogen and oxygen atoms in total. The third-order valence-corrected chi connectivity index (χ3v) is 1.33. The fourth-order valence-corrected chi connectivity index (χ4v) is 0.887. The monoisotopic (exact) mass is 151 g/mol. The fraction of sp³-hybridized carbons (Fsp3) is 0.111. The quantitative estimate of drug-likeness (QED) is 0.500. The lowest BCUT2D eigenvalue weighted by atomic mass is 10.1. The van der Waals surface area contributed by atoms with Gasteiger partial charge >= 0.3 is 0 Å². The van der Waals surface area contributed by atoms with Crippen LogP contribution in [-0.2, 0) is 6.42 Å². The van der Waals surface area contributed by atoms with Crippen molar-refractivity contribution in [2.24, 2.45) is 0 Å². The summed E-state index contributed by atoms with van der Waals surface area (Å²) in [5.41, 5.74) is 7.59. The Hall–Kier alpha value is -1.28. The summed E-state index contributed by atoms with van der Waals surface area (Å²) >= 11 is 0. The van der Waals surface area contributed by atoms with Gasteiger partial charge < -0.3 is 11.2 Å². The second kappa shape index (κ2) is 4.52. The minimum atomic E-state index is 0. The Kier molecular flexibility index (Phi) is 4.00. The summed E-state index contributed by atoms with van der Waals surface area (Å²) in [5, 5.41) is 0. The Morgan fingerprint density at radius 1 is 1.45 bits per heavy atom. The highest BCUT2D eigenvalue weighted by molar-refractivity contribution is 5.41. The van der Waals surface area contributed by atoms with Gasteiger partial charge in [-0.25, -0.2) is 0 Å². The average molecular weight is 151 g/mol. The lowest BCUT2D eigenvalue weighted by Crippen LogP contribution is -1.86. The molecule has 0 heterocycles. The first kappa shape index (κ1) is 9.72. The van der Waals surface area contributed by atoms with Gasteiger partial charge in [0.25, 0.3) is 0 Å². The van der Waals surface area contributed by atoms with Crippen LogP contribution in [0.3, 0.4) is 0 Å². The molecule has 0 atom stereocenters. The maximum absolute atomic E-state index is 5.55. The standard InChI is InChI=1S/C9H11N.H2O/c1-2-4-8-5-3-6-9(10)7-8;/h2-3,5-7H,1,4,10H2;1H2. The molecule has 0 radical (unpaired) electrons. The smallest absolute Gasteiger partial charge is 0.0316 e. The number of rotatable bonds is 2. The third kappa shape index (κ3) is 2.87. The van der Waals surface area contributed by atoms with Crippen molar-refractivity contribution in [2.75, 3.05) is 5.73 Å². The van der Waals surface area contributed by atoms with Crippen molar-refractivity contribution in [1.29, 1.82) is 0 Å². The summed E-state index contributed by atoms with van der Waals surface area (Å²) in [7, 11) is 0. The summed E-state index contributed by atoms with van der Waals surface area (Å²) in [6.45, 7) is 3.64. The predicted molar refractivity (Wildman–Crippen MR) is 48.4 cm³/mol. The van der Waals surface area contributed by atoms with E-state index in [1.165, 1.54) is 5.56 Å². The SMILES string of the molecule is C=CCc1cccc(N)c1.O. The number of hydrogen-bond donors (Lipinski definition) is 1. The minimum absolute atomic E-state index is 0. The Labute approximate surface area is 66.7 Å². The first-order chi connectivity index (χ1) is 4.83. The molecule has 0 saturated carbocycles. The molecular weight excluding hydrogens is 138 g/mol. The van der Waals surface area contributed by atoms with E-state index in [4.69, 9.17) is 5.73 Å². The van der Waals surface area contributed by atoms with Crippen molar-refractivity contribution in [3.05, 3.63) is 42.5 Å². The van der Waals surface area contributed by atoms with Crippen LogP contribution < -0.4 is 5.73 Å². The lowest BCUT2D eigenvalue weighted by molar-refractivity contribution is 0.824. The first-order valence-corrected chi connectivity index (χ1v) is 3.28. The molecule has 0 spiro atoms. The van der Waals surface area contributed by atoms with Crippen LogP contribution >= 0.6 is 0 Å². The van der Waals surface area contributed by atoms with Crippen molar-refractivity contribution in [3.63, 3.8) is 0 Å². The number of nitrogens with two attached hydrogens (primary N) is 1. The highest BCUT2D eigenvalue weighted by Gasteiger charge is 1.87. The largest absolute Gasteiger partial charge is 0.412 e. The molecule has 60 valence electrons. The fourth-order valence-electron chi connectivity index (χ4n) is 0.887. The normalized spacial score (nSPS) is 8.36. The van der Waals surface area contributed by atoms with E-state index in [0.29, 0.717) is 0 Å². The van der Waals surface area contributed by atoms with Crippen LogP contribution in [0.15, 0.2) is 36.9 Å². The van der Waals surface area contributed by atoms with Crippen LogP contribution in [-0.4, -0.2) is 5.48 Å². The van der Waals surface area contributed by atoms with Gasteiger partial charge in [0.1, 0.15) is 0 Å². The summed E-state index contributed by atoms with van der Waals surface area (Å²) in [6, 6.07) is 7.83. The van der Waals surface area contributed by atoms with Gasteiger partial charge in [0.2, 0.25) is 0 Å². The van der Waals surface area contributed by atoms with Crippen molar-refractivity contribution in [1.82, 2.24) is 0 Å². The maximum Gasteiger partial charge on any atom is 0.0316 e. The van der Waals surface area contributed by atoms with Crippen molar-refractivity contribution in [3.8, 4) is 0 Å². The van der Waals surface area contributed by atoms with Gasteiger partial charge in [0.05, 0.1) is 0 Å². The van der Waals surface area contributed by atoms with E-state index in [1.54, 1.807) is 0 Å². The molecule has 0 aliphatic carbocycles. The van der Waals surface area contributed by atoms with E-state index in [2.05, 4.69) is 6.58 Å². The summed E-state index contributed by atoms with van der Waals surface area (Å²) in [5.74, 6) is 0. The number of benzene rings is 1. The molecule has 0 aliphatic heterocycles. The van der Waals surface area contributed by atoms with Gasteiger partial charge in [0.15, 0.2) is 0 Å². The zero-order chi connectivity index (χ0) is 7.40. The average Bonchev–Trinajstić information content (AvgIpc) is 1.88. The molecule has 4 N–H and O–H groups in total. The molecule has 0 aromatic heterocycles. The summed E-state index contributed by atoms with van der Waals surface area (Å²) < 4.78 is 0. The second-order valence-corrected chi connectivity index (χ2v) is 2.24. The molecule has 1 rings (SSSR count). The van der Waals surface area contributed by atoms with Gasteiger partial charge in [-0.3, -0.25) is 0 Å². The summed E-state index contributed by atoms with van der Waals surface area (Å²) in [6.07, 6.45) is 2.76. The number of nitrogen functional groups attached to an aromatic ring is 1. The van der Waals surface area contributed by atoms with Gasteiger partial charge in [-0.05, 0) is 24.1 Å². The summed E-state index contributed by atoms with van der Waals surface area (Å²) in [4.78, 5) is 0. The molecule has 0 fully saturated rings. The molecular formula is C9H13NO. The van der Waals surface area contributed by atoms with Crippen molar-refractivity contribution < 1.29 is 5.48 Å². The molecule has 11 heavy (non-hydrogen) atoms. The zero-order valence-electron chi connectivity index (χ0n) is 6.38. The van der Waals surface area contributed by atoms with Crippen LogP contribution in [0.2, 0.25) is 0 Å². The van der Waals surface area contributed by atoms with Gasteiger partial charge in [-0.15, -0.1) is 6.58 Å². The molecule has 0 bridgehead atoms. The Bertz CT molecular complexity index is 233. The molecule has 1 aromatic rings. The highest BCUT2D eigenvalue weighted by Crippen LogP contribution is 2.06. The van der Waals surface area contributed by atoms with Gasteiger partial charge in [0, 0.05) is 5.69 Å². The Morgan fingerprint density at radius 3 is 2.73 bits per heavy atom. The zero-order valence-corrected chi connectivity index (χ0v) is 6.38. The van der Waals surface area contributed by atoms with Gasteiger partial charge in [-0.2, -0.15) is 0 Å². The molecule has 0 amide bonds.